The predicted octanol–water partition coefficient (Wildman–Crippen LogP) is 5.89. The zero-order chi connectivity index (χ0) is 30.4. The maximum atomic E-state index is 14.6. The molecule has 3 aromatic rings. The van der Waals surface area contributed by atoms with Gasteiger partial charge in [0.2, 0.25) is 5.78 Å². The largest absolute Gasteiger partial charge is 0.470 e. The molecule has 5 rings (SSSR count). The summed E-state index contributed by atoms with van der Waals surface area (Å²) in [5.74, 6) is -0.822. The van der Waals surface area contributed by atoms with Gasteiger partial charge in [0.1, 0.15) is 18.3 Å². The van der Waals surface area contributed by atoms with Crippen molar-refractivity contribution >= 4 is 24.9 Å². The third kappa shape index (κ3) is 5.24. The first kappa shape index (κ1) is 30.6. The van der Waals surface area contributed by atoms with Crippen LogP contribution in [0.3, 0.4) is 0 Å². The zero-order valence-electron chi connectivity index (χ0n) is 25.3. The summed E-state index contributed by atoms with van der Waals surface area (Å²) in [6.07, 6.45) is 1.05. The molecule has 1 aromatic heterocycles. The number of ether oxygens (including phenoxy) is 1. The number of allylic oxidation sites excluding steroid dienone is 1. The van der Waals surface area contributed by atoms with Crippen molar-refractivity contribution in [2.45, 2.75) is 74.6 Å². The summed E-state index contributed by atoms with van der Waals surface area (Å²) < 4.78 is 32.8. The van der Waals surface area contributed by atoms with E-state index in [1.807, 2.05) is 73.6 Å². The van der Waals surface area contributed by atoms with E-state index in [1.165, 1.54) is 0 Å². The molecule has 0 fully saturated rings. The second-order valence-corrected chi connectivity index (χ2v) is 19.1. The molecule has 42 heavy (non-hydrogen) atoms. The maximum Gasteiger partial charge on any atom is 0.265 e. The average molecular weight is 609 g/mol. The zero-order valence-corrected chi connectivity index (χ0v) is 27.1. The molecule has 1 unspecified atom stereocenters. The molecular formula is C32H40N2O6SSi. The van der Waals surface area contributed by atoms with E-state index in [2.05, 4.69) is 39.0 Å². The van der Waals surface area contributed by atoms with E-state index in [-0.39, 0.29) is 23.1 Å². The third-order valence-electron chi connectivity index (χ3n) is 8.89. The summed E-state index contributed by atoms with van der Waals surface area (Å²) in [6, 6.07) is 18.1. The van der Waals surface area contributed by atoms with Gasteiger partial charge in [0.05, 0.1) is 16.8 Å². The van der Waals surface area contributed by atoms with Crippen LogP contribution in [-0.2, 0) is 21.8 Å². The number of rotatable bonds is 8. The smallest absolute Gasteiger partial charge is 0.265 e. The third-order valence-corrected chi connectivity index (χ3v) is 14.8. The highest BCUT2D eigenvalue weighted by Gasteiger charge is 2.64. The van der Waals surface area contributed by atoms with Gasteiger partial charge in [0, 0.05) is 15.7 Å². The second-order valence-electron chi connectivity index (χ2n) is 12.9. The van der Waals surface area contributed by atoms with Gasteiger partial charge in [-0.2, -0.15) is 0 Å². The quantitative estimate of drug-likeness (QED) is 0.316. The Hall–Kier alpha value is -2.89. The van der Waals surface area contributed by atoms with Crippen LogP contribution >= 0.6 is 0 Å². The Morgan fingerprint density at radius 1 is 1.10 bits per heavy atom. The first-order valence-corrected chi connectivity index (χ1v) is 18.3. The summed E-state index contributed by atoms with van der Waals surface area (Å²) in [6.45, 7) is 10.6. The molecule has 0 saturated carbocycles. The standard InChI is InChI=1S/C32H40N2O6SSi/c1-31(2,3)42(6,7)40-29-24(41(37)22-16-12-9-13-17-22)19-18-23-26(34(4)5)27-25(28(35)32(23,29)36)30(33-39-27)38-20-21-14-10-8-11-15-21/h8-17,19,23,26,29,36H,18,20H2,1-7H3/t23-,26-,29+,32+,41?/m0/s1. The SMILES string of the molecule is CN(C)[C@@H]1c2onc(OCc3ccccc3)c2C(=O)[C@@]2(O)[C@H](O[Si](C)(C)C(C)(C)C)C(S(=O)c3ccccc3)=CC[C@@H]12. The molecule has 5 atom stereocenters. The van der Waals surface area contributed by atoms with E-state index in [1.54, 1.807) is 12.1 Å². The average Bonchev–Trinajstić information content (AvgIpc) is 3.37. The minimum absolute atomic E-state index is 0.0314. The summed E-state index contributed by atoms with van der Waals surface area (Å²) in [5.41, 5.74) is -1.03. The van der Waals surface area contributed by atoms with Gasteiger partial charge >= 0.3 is 0 Å². The lowest BCUT2D eigenvalue weighted by molar-refractivity contribution is -0.0946. The van der Waals surface area contributed by atoms with Crippen LogP contribution < -0.4 is 4.74 Å². The molecule has 2 aliphatic carbocycles. The van der Waals surface area contributed by atoms with E-state index in [0.29, 0.717) is 22.0 Å². The Morgan fingerprint density at radius 2 is 1.71 bits per heavy atom. The summed E-state index contributed by atoms with van der Waals surface area (Å²) in [4.78, 5) is 17.6. The van der Waals surface area contributed by atoms with Crippen molar-refractivity contribution in [1.29, 1.82) is 0 Å². The van der Waals surface area contributed by atoms with Crippen LogP contribution in [0.1, 0.15) is 54.9 Å². The summed E-state index contributed by atoms with van der Waals surface area (Å²) >= 11 is 0. The number of hydrogen-bond acceptors (Lipinski definition) is 8. The number of ketones is 1. The highest BCUT2D eigenvalue weighted by atomic mass is 32.2. The monoisotopic (exact) mass is 608 g/mol. The molecule has 1 N–H and O–H groups in total. The number of carbonyl (C=O) groups is 1. The number of hydrogen-bond donors (Lipinski definition) is 1. The highest BCUT2D eigenvalue weighted by Crippen LogP contribution is 2.54. The molecule has 0 amide bonds. The number of Topliss-reactive ketones (excluding diaryl/α,β-unsaturated/α-hetero) is 1. The van der Waals surface area contributed by atoms with Crippen molar-refractivity contribution in [2.24, 2.45) is 5.92 Å². The first-order chi connectivity index (χ1) is 19.8. The molecule has 2 aromatic carbocycles. The van der Waals surface area contributed by atoms with Gasteiger partial charge in [0.15, 0.2) is 19.7 Å². The van der Waals surface area contributed by atoms with Gasteiger partial charge in [-0.25, -0.2) is 4.21 Å². The summed E-state index contributed by atoms with van der Waals surface area (Å²) in [7, 11) is -0.506. The van der Waals surface area contributed by atoms with Crippen molar-refractivity contribution in [1.82, 2.24) is 10.1 Å². The number of aliphatic hydroxyl groups is 1. The van der Waals surface area contributed by atoms with Crippen LogP contribution in [0.5, 0.6) is 5.88 Å². The van der Waals surface area contributed by atoms with Crippen LogP contribution in [-0.4, -0.2) is 59.3 Å². The normalized spacial score (nSPS) is 25.0. The fourth-order valence-corrected chi connectivity index (χ4v) is 8.25. The van der Waals surface area contributed by atoms with Gasteiger partial charge < -0.3 is 18.8 Å². The molecule has 224 valence electrons. The number of carbonyl (C=O) groups excluding carboxylic acids is 1. The number of fused-ring (bicyclic) bond motifs is 2. The van der Waals surface area contributed by atoms with Crippen molar-refractivity contribution < 1.29 is 27.8 Å². The predicted molar refractivity (Wildman–Crippen MR) is 164 cm³/mol. The first-order valence-electron chi connectivity index (χ1n) is 14.2. The van der Waals surface area contributed by atoms with Crippen molar-refractivity contribution in [3.05, 3.63) is 88.5 Å². The topological polar surface area (TPSA) is 102 Å². The van der Waals surface area contributed by atoms with Crippen LogP contribution in [0.25, 0.3) is 0 Å². The van der Waals surface area contributed by atoms with Gasteiger partial charge in [-0.1, -0.05) is 75.4 Å². The minimum Gasteiger partial charge on any atom is -0.470 e. The lowest BCUT2D eigenvalue weighted by Gasteiger charge is -2.52. The van der Waals surface area contributed by atoms with E-state index < -0.39 is 48.6 Å². The maximum absolute atomic E-state index is 14.6. The fraction of sp³-hybridized carbons (Fsp3) is 0.438. The van der Waals surface area contributed by atoms with Crippen LogP contribution in [0.4, 0.5) is 0 Å². The Kier molecular flexibility index (Phi) is 8.23. The van der Waals surface area contributed by atoms with E-state index in [4.69, 9.17) is 13.7 Å². The van der Waals surface area contributed by atoms with Crippen molar-refractivity contribution in [2.75, 3.05) is 14.1 Å². The Bertz CT molecular complexity index is 1500. The number of benzene rings is 2. The summed E-state index contributed by atoms with van der Waals surface area (Å²) in [5, 5.41) is 16.8. The van der Waals surface area contributed by atoms with E-state index in [9.17, 15) is 14.1 Å². The van der Waals surface area contributed by atoms with Crippen molar-refractivity contribution in [3.8, 4) is 5.88 Å². The number of nitrogens with zero attached hydrogens (tertiary/aromatic N) is 2. The molecule has 0 aliphatic heterocycles. The molecule has 0 saturated heterocycles. The lowest BCUT2D eigenvalue weighted by atomic mass is 9.64. The van der Waals surface area contributed by atoms with Crippen LogP contribution in [0.15, 0.2) is 81.1 Å². The minimum atomic E-state index is -2.60. The Labute approximate surface area is 251 Å². The van der Waals surface area contributed by atoms with Crippen molar-refractivity contribution in [3.63, 3.8) is 0 Å². The Balaban J connectivity index is 1.64. The van der Waals surface area contributed by atoms with Gasteiger partial charge in [0.25, 0.3) is 5.88 Å². The van der Waals surface area contributed by atoms with Crippen LogP contribution in [0, 0.1) is 5.92 Å². The molecule has 10 heteroatoms. The van der Waals surface area contributed by atoms with Gasteiger partial charge in [-0.05, 0) is 61.5 Å². The highest BCUT2D eigenvalue weighted by molar-refractivity contribution is 7.89. The molecule has 0 spiro atoms. The lowest BCUT2D eigenvalue weighted by Crippen LogP contribution is -2.65. The Morgan fingerprint density at radius 3 is 2.31 bits per heavy atom. The molecule has 0 bridgehead atoms. The fourth-order valence-electron chi connectivity index (χ4n) is 5.57. The molecule has 1 heterocycles. The molecule has 8 nitrogen and oxygen atoms in total. The number of aromatic nitrogens is 1. The molecular weight excluding hydrogens is 569 g/mol. The second kappa shape index (κ2) is 11.3. The van der Waals surface area contributed by atoms with E-state index >= 15 is 0 Å². The molecule has 2 aliphatic rings. The molecule has 0 radical (unpaired) electrons. The van der Waals surface area contributed by atoms with Gasteiger partial charge in [-0.15, -0.1) is 0 Å². The van der Waals surface area contributed by atoms with Crippen LogP contribution in [0.2, 0.25) is 18.1 Å². The van der Waals surface area contributed by atoms with Gasteiger partial charge in [-0.3, -0.25) is 9.69 Å². The van der Waals surface area contributed by atoms with E-state index in [0.717, 1.165) is 5.56 Å².